The summed E-state index contributed by atoms with van der Waals surface area (Å²) >= 11 is 0. The average molecular weight is 521 g/mol. The highest BCUT2D eigenvalue weighted by atomic mass is 32.2. The summed E-state index contributed by atoms with van der Waals surface area (Å²) in [6.45, 7) is 4.68. The van der Waals surface area contributed by atoms with Gasteiger partial charge in [-0.05, 0) is 62.6 Å². The lowest BCUT2D eigenvalue weighted by Crippen LogP contribution is -2.46. The fraction of sp³-hybridized carbons (Fsp3) is 0.455. The van der Waals surface area contributed by atoms with Crippen molar-refractivity contribution >= 4 is 27.7 Å². The number of likely N-dealkylation sites (N-methyl/N-ethyl adjacent to an activating group) is 2. The van der Waals surface area contributed by atoms with Gasteiger partial charge in [-0.1, -0.05) is 0 Å². The molecule has 0 atom stereocenters. The molecule has 0 spiro atoms. The minimum absolute atomic E-state index is 0.215. The topological polar surface area (TPSA) is 99.7 Å². The molecule has 189 valence electrons. The molecule has 1 radical (unpaired) electrons. The minimum Gasteiger partial charge on any atom is -0.526 e. The largest absolute Gasteiger partial charge is 0.658 e. The van der Waals surface area contributed by atoms with Gasteiger partial charge in [-0.3, -0.25) is 0 Å². The second-order valence-corrected chi connectivity index (χ2v) is 12.6. The van der Waals surface area contributed by atoms with E-state index >= 15 is 0 Å². The molecular weight excluding hydrogens is 491 g/mol. The third kappa shape index (κ3) is 6.16. The first-order valence-corrected chi connectivity index (χ1v) is 14.3. The smallest absolute Gasteiger partial charge is 0.526 e. The van der Waals surface area contributed by atoms with Gasteiger partial charge in [0, 0.05) is 52.4 Å². The van der Waals surface area contributed by atoms with Crippen LogP contribution in [0.15, 0.2) is 58.3 Å². The Bertz CT molecular complexity index is 1100. The molecule has 0 N–H and O–H groups in total. The molecular formula is C22H30BN4O6S2. The van der Waals surface area contributed by atoms with Crippen LogP contribution in [-0.2, 0) is 20.0 Å². The highest BCUT2D eigenvalue weighted by Crippen LogP contribution is 2.22. The first kappa shape index (κ1) is 25.9. The molecule has 2 aromatic carbocycles. The number of rotatable bonds is 8. The van der Waals surface area contributed by atoms with E-state index in [1.165, 1.54) is 32.9 Å². The third-order valence-electron chi connectivity index (χ3n) is 6.22. The van der Waals surface area contributed by atoms with Gasteiger partial charge in [0.2, 0.25) is 20.0 Å². The van der Waals surface area contributed by atoms with Crippen molar-refractivity contribution in [3.8, 4) is 11.5 Å². The van der Waals surface area contributed by atoms with E-state index in [9.17, 15) is 16.8 Å². The van der Waals surface area contributed by atoms with Crippen LogP contribution in [0, 0.1) is 0 Å². The summed E-state index contributed by atoms with van der Waals surface area (Å²) in [6.07, 6.45) is 0. The van der Waals surface area contributed by atoms with E-state index in [-0.39, 0.29) is 9.79 Å². The van der Waals surface area contributed by atoms with Gasteiger partial charge in [-0.15, -0.1) is 0 Å². The Balaban J connectivity index is 1.29. The first-order chi connectivity index (χ1) is 16.7. The lowest BCUT2D eigenvalue weighted by molar-refractivity contribution is 0.222. The van der Waals surface area contributed by atoms with Crippen LogP contribution >= 0.6 is 0 Å². The zero-order valence-electron chi connectivity index (χ0n) is 19.9. The normalized spacial score (nSPS) is 19.4. The number of nitrogens with zero attached hydrogens (tertiary/aromatic N) is 4. The molecule has 0 unspecified atom stereocenters. The molecule has 0 saturated carbocycles. The lowest BCUT2D eigenvalue weighted by Gasteiger charge is -2.31. The number of hydrogen-bond donors (Lipinski definition) is 0. The maximum atomic E-state index is 12.8. The van der Waals surface area contributed by atoms with Gasteiger partial charge >= 0.3 is 7.69 Å². The fourth-order valence-corrected chi connectivity index (χ4v) is 6.71. The van der Waals surface area contributed by atoms with Gasteiger partial charge in [0.1, 0.15) is 11.5 Å². The maximum Gasteiger partial charge on any atom is 0.658 e. The Morgan fingerprint density at radius 1 is 0.571 bits per heavy atom. The zero-order valence-corrected chi connectivity index (χ0v) is 21.5. The summed E-state index contributed by atoms with van der Waals surface area (Å²) in [4.78, 5) is 4.62. The van der Waals surface area contributed by atoms with Crippen molar-refractivity contribution in [3.05, 3.63) is 48.5 Å². The zero-order chi connectivity index (χ0) is 25.1. The molecule has 13 heteroatoms. The van der Waals surface area contributed by atoms with Gasteiger partial charge in [0.25, 0.3) is 0 Å². The van der Waals surface area contributed by atoms with Crippen molar-refractivity contribution in [2.75, 3.05) is 66.5 Å². The Morgan fingerprint density at radius 3 is 1.20 bits per heavy atom. The molecule has 2 saturated heterocycles. The summed E-state index contributed by atoms with van der Waals surface area (Å²) in [6, 6.07) is 12.3. The van der Waals surface area contributed by atoms with Gasteiger partial charge in [-0.25, -0.2) is 16.8 Å². The molecule has 2 fully saturated rings. The van der Waals surface area contributed by atoms with E-state index < -0.39 is 20.0 Å². The molecule has 35 heavy (non-hydrogen) atoms. The van der Waals surface area contributed by atoms with Crippen molar-refractivity contribution in [1.29, 1.82) is 0 Å². The second-order valence-electron chi connectivity index (χ2n) is 8.69. The first-order valence-electron chi connectivity index (χ1n) is 11.4. The number of sulfonamides is 2. The molecule has 2 heterocycles. The highest BCUT2D eigenvalue weighted by molar-refractivity contribution is 7.89. The molecule has 2 aliphatic rings. The van der Waals surface area contributed by atoms with E-state index in [1.54, 1.807) is 24.3 Å². The molecule has 10 nitrogen and oxygen atoms in total. The quantitative estimate of drug-likeness (QED) is 0.465. The van der Waals surface area contributed by atoms with Gasteiger partial charge in [0.05, 0.1) is 9.79 Å². The summed E-state index contributed by atoms with van der Waals surface area (Å²) in [5.41, 5.74) is 0. The highest BCUT2D eigenvalue weighted by Gasteiger charge is 2.28. The van der Waals surface area contributed by atoms with Crippen molar-refractivity contribution in [1.82, 2.24) is 18.4 Å². The predicted octanol–water partition coefficient (Wildman–Crippen LogP) is 0.551. The van der Waals surface area contributed by atoms with E-state index in [0.717, 1.165) is 7.69 Å². The standard InChI is InChI=1S/C22H30BN4O6S2/c1-24-11-15-26(16-12-24)34(28,29)21-7-3-19(4-8-21)32-23-33-20-5-9-22(10-6-20)35(30,31)27-17-13-25(2)14-18-27/h3-10H,11-18H2,1-2H3. The summed E-state index contributed by atoms with van der Waals surface area (Å²) in [5, 5.41) is 0. The summed E-state index contributed by atoms with van der Waals surface area (Å²) in [5.74, 6) is 0.827. The van der Waals surface area contributed by atoms with E-state index in [4.69, 9.17) is 9.31 Å². The maximum absolute atomic E-state index is 12.8. The Kier molecular flexibility index (Phi) is 8.04. The van der Waals surface area contributed by atoms with Crippen molar-refractivity contribution in [2.24, 2.45) is 0 Å². The van der Waals surface area contributed by atoms with Gasteiger partial charge in [-0.2, -0.15) is 8.61 Å². The minimum atomic E-state index is -3.54. The fourth-order valence-electron chi connectivity index (χ4n) is 3.87. The molecule has 0 bridgehead atoms. The molecule has 2 aliphatic heterocycles. The lowest BCUT2D eigenvalue weighted by atomic mass is 10.3. The summed E-state index contributed by atoms with van der Waals surface area (Å²) in [7, 11) is -2.01. The van der Waals surface area contributed by atoms with E-state index in [1.807, 2.05) is 14.1 Å². The monoisotopic (exact) mass is 521 g/mol. The van der Waals surface area contributed by atoms with Crippen LogP contribution in [0.3, 0.4) is 0 Å². The van der Waals surface area contributed by atoms with Crippen molar-refractivity contribution in [3.63, 3.8) is 0 Å². The second kappa shape index (κ2) is 10.8. The SMILES string of the molecule is CN1CCN(S(=O)(=O)c2ccc(O[B]Oc3ccc(S(=O)(=O)N4CCN(C)CC4)cc3)cc2)CC1. The number of piperazine rings is 2. The number of benzene rings is 2. The van der Waals surface area contributed by atoms with Gasteiger partial charge < -0.3 is 19.1 Å². The van der Waals surface area contributed by atoms with Crippen molar-refractivity contribution < 1.29 is 26.1 Å². The Hall–Kier alpha value is -2.16. The Morgan fingerprint density at radius 2 is 0.886 bits per heavy atom. The van der Waals surface area contributed by atoms with Crippen LogP contribution in [-0.4, -0.2) is 109 Å². The molecule has 0 aliphatic carbocycles. The predicted molar refractivity (Wildman–Crippen MR) is 132 cm³/mol. The van der Waals surface area contributed by atoms with Crippen LogP contribution in [0.5, 0.6) is 11.5 Å². The third-order valence-corrected chi connectivity index (χ3v) is 10.0. The van der Waals surface area contributed by atoms with Crippen LogP contribution in [0.1, 0.15) is 0 Å². The Labute approximate surface area is 208 Å². The molecule has 0 aromatic heterocycles. The molecule has 0 amide bonds. The van der Waals surface area contributed by atoms with Gasteiger partial charge in [0.15, 0.2) is 0 Å². The van der Waals surface area contributed by atoms with E-state index in [2.05, 4.69) is 9.80 Å². The van der Waals surface area contributed by atoms with Crippen LogP contribution < -0.4 is 9.31 Å². The molecule has 2 aromatic rings. The van der Waals surface area contributed by atoms with E-state index in [0.29, 0.717) is 63.9 Å². The van der Waals surface area contributed by atoms with Crippen LogP contribution in [0.25, 0.3) is 0 Å². The number of hydrogen-bond acceptors (Lipinski definition) is 8. The van der Waals surface area contributed by atoms with Crippen molar-refractivity contribution in [2.45, 2.75) is 9.79 Å². The molecule has 4 rings (SSSR count). The van der Waals surface area contributed by atoms with Crippen LogP contribution in [0.2, 0.25) is 0 Å². The average Bonchev–Trinajstić information content (AvgIpc) is 2.85. The summed E-state index contributed by atoms with van der Waals surface area (Å²) < 4.78 is 65.1. The van der Waals surface area contributed by atoms with Crippen LogP contribution in [0.4, 0.5) is 0 Å².